The molecule has 0 saturated carbocycles. The van der Waals surface area contributed by atoms with Crippen LogP contribution in [0.4, 0.5) is 4.39 Å². The van der Waals surface area contributed by atoms with Crippen LogP contribution in [-0.2, 0) is 26.7 Å². The normalized spacial score (nSPS) is 25.0. The molecule has 0 unspecified atom stereocenters. The number of sulfonamides is 1. The van der Waals surface area contributed by atoms with Gasteiger partial charge in [0.1, 0.15) is 11.1 Å². The van der Waals surface area contributed by atoms with Gasteiger partial charge >= 0.3 is 0 Å². The molecule has 0 amide bonds. The fourth-order valence-corrected chi connectivity index (χ4v) is 7.18. The predicted octanol–water partition coefficient (Wildman–Crippen LogP) is 5.01. The maximum absolute atomic E-state index is 15.3. The molecule has 0 bridgehead atoms. The number of rotatable bonds is 5. The van der Waals surface area contributed by atoms with E-state index in [9.17, 15) is 8.42 Å². The van der Waals surface area contributed by atoms with E-state index in [1.807, 2.05) is 55.5 Å². The van der Waals surface area contributed by atoms with Gasteiger partial charge in [-0.25, -0.2) is 12.8 Å². The second-order valence-corrected chi connectivity index (χ2v) is 11.0. The number of benzene rings is 2. The van der Waals surface area contributed by atoms with E-state index in [0.29, 0.717) is 38.0 Å². The van der Waals surface area contributed by atoms with Crippen LogP contribution < -0.4 is 0 Å². The smallest absolute Gasteiger partial charge is 0.221 e. The highest BCUT2D eigenvalue weighted by molar-refractivity contribution is 7.89. The Morgan fingerprint density at radius 1 is 1.18 bits per heavy atom. The first-order valence-corrected chi connectivity index (χ1v) is 12.9. The summed E-state index contributed by atoms with van der Waals surface area (Å²) in [4.78, 5) is 0. The lowest BCUT2D eigenvalue weighted by molar-refractivity contribution is 0.0653. The summed E-state index contributed by atoms with van der Waals surface area (Å²) in [5.41, 5.74) is 1.47. The van der Waals surface area contributed by atoms with Crippen molar-refractivity contribution >= 4 is 10.0 Å². The van der Waals surface area contributed by atoms with Crippen LogP contribution in [0, 0.1) is 17.1 Å². The molecular weight excluding hydrogens is 439 g/mol. The van der Waals surface area contributed by atoms with Crippen molar-refractivity contribution in [1.82, 2.24) is 4.31 Å². The molecule has 2 fully saturated rings. The Morgan fingerprint density at radius 3 is 2.58 bits per heavy atom. The summed E-state index contributed by atoms with van der Waals surface area (Å²) < 4.78 is 49.2. The van der Waals surface area contributed by atoms with Gasteiger partial charge in [-0.2, -0.15) is 9.57 Å². The molecule has 0 N–H and O–H groups in total. The van der Waals surface area contributed by atoms with E-state index in [1.165, 1.54) is 16.4 Å². The lowest BCUT2D eigenvalue weighted by Crippen LogP contribution is -2.44. The number of nitrogens with zero attached hydrogens (tertiary/aromatic N) is 2. The molecule has 5 nitrogen and oxygen atoms in total. The average molecular weight is 469 g/mol. The van der Waals surface area contributed by atoms with E-state index < -0.39 is 26.5 Å². The van der Waals surface area contributed by atoms with Gasteiger partial charge in [0, 0.05) is 42.9 Å². The predicted molar refractivity (Wildman–Crippen MR) is 125 cm³/mol. The molecule has 2 aromatic carbocycles. The van der Waals surface area contributed by atoms with Gasteiger partial charge in [-0.15, -0.1) is 0 Å². The summed E-state index contributed by atoms with van der Waals surface area (Å²) in [6, 6.07) is 16.1. The molecule has 0 radical (unpaired) electrons. The second-order valence-electron chi connectivity index (χ2n) is 8.95. The van der Waals surface area contributed by atoms with Crippen molar-refractivity contribution in [2.75, 3.05) is 13.2 Å². The standard InChI is InChI=1S/C26H29FN2O3S/c1-20-8-11-25(21-6-3-2-4-7-21)33(30,31)29(20)19-22-9-10-23(18-24(22)27)26(12-5-15-28)13-16-32-17-14-26/h2-7,9-10,12,18,20,25H,8,11,13-14,16-17,19H2,1H3/t20-,25+/m0/s1. The molecule has 33 heavy (non-hydrogen) atoms. The first-order chi connectivity index (χ1) is 15.9. The van der Waals surface area contributed by atoms with Crippen LogP contribution in [0.25, 0.3) is 0 Å². The number of nitriles is 1. The van der Waals surface area contributed by atoms with E-state index in [2.05, 4.69) is 0 Å². The number of halogens is 1. The lowest BCUT2D eigenvalue weighted by Gasteiger charge is -2.38. The van der Waals surface area contributed by atoms with Crippen molar-refractivity contribution in [3.05, 3.63) is 83.2 Å². The highest BCUT2D eigenvalue weighted by Crippen LogP contribution is 2.40. The second kappa shape index (κ2) is 9.76. The molecule has 174 valence electrons. The van der Waals surface area contributed by atoms with Gasteiger partial charge in [0.05, 0.1) is 6.07 Å². The molecule has 2 heterocycles. The van der Waals surface area contributed by atoms with Crippen LogP contribution in [-0.4, -0.2) is 32.0 Å². The Hall–Kier alpha value is -2.53. The molecule has 2 aromatic rings. The van der Waals surface area contributed by atoms with Crippen molar-refractivity contribution < 1.29 is 17.5 Å². The summed E-state index contributed by atoms with van der Waals surface area (Å²) >= 11 is 0. The Kier molecular flexibility index (Phi) is 6.99. The molecule has 0 aliphatic carbocycles. The first-order valence-electron chi connectivity index (χ1n) is 11.4. The third kappa shape index (κ3) is 4.74. The van der Waals surface area contributed by atoms with Gasteiger partial charge in [0.2, 0.25) is 10.0 Å². The third-order valence-electron chi connectivity index (χ3n) is 7.01. The Morgan fingerprint density at radius 2 is 1.91 bits per heavy atom. The summed E-state index contributed by atoms with van der Waals surface area (Å²) in [6.07, 6.45) is 5.90. The lowest BCUT2D eigenvalue weighted by atomic mass is 9.73. The van der Waals surface area contributed by atoms with Crippen LogP contribution in [0.5, 0.6) is 0 Å². The number of ether oxygens (including phenoxy) is 1. The fourth-order valence-electron chi connectivity index (χ4n) is 4.99. The monoisotopic (exact) mass is 468 g/mol. The third-order valence-corrected chi connectivity index (χ3v) is 9.38. The van der Waals surface area contributed by atoms with Crippen molar-refractivity contribution in [2.45, 2.75) is 55.9 Å². The van der Waals surface area contributed by atoms with Gasteiger partial charge < -0.3 is 4.74 Å². The topological polar surface area (TPSA) is 70.4 Å². The minimum absolute atomic E-state index is 0.00307. The number of hydrogen-bond acceptors (Lipinski definition) is 4. The number of hydrogen-bond donors (Lipinski definition) is 0. The SMILES string of the molecule is C[C@H]1CC[C@H](c2ccccc2)S(=O)(=O)N1Cc1ccc(C2(C=CC#N)CCOCC2)cc1F. The molecule has 2 atom stereocenters. The minimum Gasteiger partial charge on any atom is -0.381 e. The Balaban J connectivity index is 1.62. The molecule has 0 spiro atoms. The van der Waals surface area contributed by atoms with E-state index in [4.69, 9.17) is 10.00 Å². The van der Waals surface area contributed by atoms with Crippen LogP contribution in [0.2, 0.25) is 0 Å². The zero-order valence-electron chi connectivity index (χ0n) is 18.8. The average Bonchev–Trinajstić information content (AvgIpc) is 2.82. The number of allylic oxidation sites excluding steroid dienone is 2. The Labute approximate surface area is 195 Å². The van der Waals surface area contributed by atoms with Gasteiger partial charge in [-0.1, -0.05) is 48.5 Å². The summed E-state index contributed by atoms with van der Waals surface area (Å²) in [7, 11) is -3.63. The molecule has 2 aliphatic rings. The van der Waals surface area contributed by atoms with Gasteiger partial charge in [-0.05, 0) is 49.8 Å². The van der Waals surface area contributed by atoms with Crippen molar-refractivity contribution in [3.63, 3.8) is 0 Å². The summed E-state index contributed by atoms with van der Waals surface area (Å²) in [5.74, 6) is -0.423. The minimum atomic E-state index is -3.63. The van der Waals surface area contributed by atoms with Crippen molar-refractivity contribution in [2.24, 2.45) is 0 Å². The zero-order valence-corrected chi connectivity index (χ0v) is 19.6. The van der Waals surface area contributed by atoms with Gasteiger partial charge in [-0.3, -0.25) is 0 Å². The molecule has 2 saturated heterocycles. The molecule has 2 aliphatic heterocycles. The Bertz CT molecular complexity index is 1150. The van der Waals surface area contributed by atoms with Gasteiger partial charge in [0.15, 0.2) is 0 Å². The van der Waals surface area contributed by atoms with Crippen LogP contribution in [0.3, 0.4) is 0 Å². The molecule has 7 heteroatoms. The van der Waals surface area contributed by atoms with Crippen molar-refractivity contribution in [1.29, 1.82) is 5.26 Å². The van der Waals surface area contributed by atoms with Crippen molar-refractivity contribution in [3.8, 4) is 6.07 Å². The van der Waals surface area contributed by atoms with Crippen LogP contribution in [0.15, 0.2) is 60.7 Å². The fraction of sp³-hybridized carbons (Fsp3) is 0.423. The molecular formula is C26H29FN2O3S. The maximum Gasteiger partial charge on any atom is 0.221 e. The van der Waals surface area contributed by atoms with E-state index in [0.717, 1.165) is 17.5 Å². The van der Waals surface area contributed by atoms with Gasteiger partial charge in [0.25, 0.3) is 0 Å². The van der Waals surface area contributed by atoms with E-state index >= 15 is 4.39 Å². The first kappa shape index (κ1) is 23.6. The molecule has 4 rings (SSSR count). The maximum atomic E-state index is 15.3. The zero-order chi connectivity index (χ0) is 23.5. The van der Waals surface area contributed by atoms with E-state index in [-0.39, 0.29) is 12.6 Å². The van der Waals surface area contributed by atoms with Crippen LogP contribution >= 0.6 is 0 Å². The largest absolute Gasteiger partial charge is 0.381 e. The van der Waals surface area contributed by atoms with E-state index in [1.54, 1.807) is 6.07 Å². The highest BCUT2D eigenvalue weighted by Gasteiger charge is 2.41. The quantitative estimate of drug-likeness (QED) is 0.579. The summed E-state index contributed by atoms with van der Waals surface area (Å²) in [6.45, 7) is 2.98. The molecule has 0 aromatic heterocycles. The summed E-state index contributed by atoms with van der Waals surface area (Å²) in [5, 5.41) is 8.40. The van der Waals surface area contributed by atoms with Crippen LogP contribution in [0.1, 0.15) is 54.5 Å². The highest BCUT2D eigenvalue weighted by atomic mass is 32.2.